The molecular formula is C66H132N8O6. The standard InChI is InChI=1S/C10H18N2O2.2C10H19NO.C9H20N2.C9H19NO.C9H19N.C9H18O/c1-7(2)10(14)11-8-4-5-12(3)9(13)6-8;1-8(2)12-10-5-6-11(4)9(3)7-10;1-8(2)10(12)11-9-6-4-3-5-7-9;1-8(2)10-9-4-6-11(3)7-5-9;1-8(2)11-9-4-6-10(3)7-5-9;2*1-8(2)10-9-6-4-3-5-7-9/h7-8H,4-6H2,1-3H3,(H,11,14);8,10H,3,5-7H2,1-2,4H3;8-9H,3-7H2,1-2H3,(H,11,12);8-10H,4-7H2,1-3H3;8-9H,4-7H2,1-3H3;8-10H,3-7H2,1-2H3;8-9H,3-7H2,1-2H3. The van der Waals surface area contributed by atoms with Crippen LogP contribution in [0.1, 0.15) is 245 Å². The van der Waals surface area contributed by atoms with Gasteiger partial charge < -0.3 is 55.1 Å². The Bertz CT molecular complexity index is 1510. The molecule has 80 heavy (non-hydrogen) atoms. The van der Waals surface area contributed by atoms with Crippen LogP contribution in [-0.4, -0.2) is 178 Å². The number of carbonyl (C=O) groups excluding carboxylic acids is 3. The van der Waals surface area contributed by atoms with Gasteiger partial charge >= 0.3 is 0 Å². The molecule has 3 saturated carbocycles. The van der Waals surface area contributed by atoms with Crippen LogP contribution < -0.4 is 21.3 Å². The largest absolute Gasteiger partial charge is 0.378 e. The maximum absolute atomic E-state index is 11.4. The Morgan fingerprint density at radius 1 is 0.412 bits per heavy atom. The Morgan fingerprint density at radius 2 is 0.750 bits per heavy atom. The molecule has 0 radical (unpaired) electrons. The number of hydrogen-bond donors (Lipinski definition) is 4. The van der Waals surface area contributed by atoms with Crippen LogP contribution in [0.5, 0.6) is 0 Å². The van der Waals surface area contributed by atoms with Crippen LogP contribution in [0.3, 0.4) is 0 Å². The molecule has 4 heterocycles. The summed E-state index contributed by atoms with van der Waals surface area (Å²) in [7, 11) is 8.26. The highest BCUT2D eigenvalue weighted by Crippen LogP contribution is 2.23. The third-order valence-corrected chi connectivity index (χ3v) is 15.9. The van der Waals surface area contributed by atoms with Crippen molar-refractivity contribution in [3.8, 4) is 0 Å². The van der Waals surface area contributed by atoms with Gasteiger partial charge in [0.1, 0.15) is 0 Å². The summed E-state index contributed by atoms with van der Waals surface area (Å²) in [6.45, 7) is 39.8. The number of carbonyl (C=O) groups is 3. The molecule has 4 aliphatic heterocycles. The summed E-state index contributed by atoms with van der Waals surface area (Å²) in [6, 6.07) is 3.41. The first-order chi connectivity index (χ1) is 37.7. The topological polar surface area (TPSA) is 140 Å². The first-order valence-electron chi connectivity index (χ1n) is 32.8. The molecule has 3 amide bonds. The summed E-state index contributed by atoms with van der Waals surface area (Å²) in [6.07, 6.45) is 31.2. The van der Waals surface area contributed by atoms with Gasteiger partial charge in [0.15, 0.2) is 0 Å². The molecule has 14 nitrogen and oxygen atoms in total. The summed E-state index contributed by atoms with van der Waals surface area (Å²) in [5.41, 5.74) is 1.20. The smallest absolute Gasteiger partial charge is 0.224 e. The zero-order chi connectivity index (χ0) is 60.2. The van der Waals surface area contributed by atoms with E-state index in [1.807, 2.05) is 27.7 Å². The molecule has 0 aromatic heterocycles. The lowest BCUT2D eigenvalue weighted by Crippen LogP contribution is -2.47. The molecule has 7 rings (SSSR count). The molecule has 4 N–H and O–H groups in total. The Hall–Kier alpha value is -2.33. The van der Waals surface area contributed by atoms with E-state index in [9.17, 15) is 14.4 Å². The number of piperidine rings is 4. The fraction of sp³-hybridized carbons (Fsp3) is 0.924. The van der Waals surface area contributed by atoms with Gasteiger partial charge in [-0.3, -0.25) is 14.4 Å². The van der Waals surface area contributed by atoms with Crippen LogP contribution >= 0.6 is 0 Å². The van der Waals surface area contributed by atoms with Crippen molar-refractivity contribution in [2.75, 3.05) is 67.5 Å². The highest BCUT2D eigenvalue weighted by molar-refractivity contribution is 5.81. The molecule has 2 atom stereocenters. The number of hydrogen-bond acceptors (Lipinski definition) is 11. The summed E-state index contributed by atoms with van der Waals surface area (Å²) < 4.78 is 17.1. The molecular weight excluding hydrogens is 1000 g/mol. The van der Waals surface area contributed by atoms with Gasteiger partial charge in [0.05, 0.1) is 36.6 Å². The van der Waals surface area contributed by atoms with Gasteiger partial charge in [-0.2, -0.15) is 0 Å². The third kappa shape index (κ3) is 39.3. The minimum absolute atomic E-state index is 0.00948. The predicted octanol–water partition coefficient (Wildman–Crippen LogP) is 12.1. The highest BCUT2D eigenvalue weighted by Gasteiger charge is 2.26. The van der Waals surface area contributed by atoms with E-state index in [2.05, 4.69) is 133 Å². The summed E-state index contributed by atoms with van der Waals surface area (Å²) >= 11 is 0. The van der Waals surface area contributed by atoms with Crippen molar-refractivity contribution < 1.29 is 28.6 Å². The monoisotopic (exact) mass is 1130 g/mol. The number of rotatable bonds is 14. The van der Waals surface area contributed by atoms with Gasteiger partial charge in [0.25, 0.3) is 0 Å². The first kappa shape index (κ1) is 75.7. The maximum Gasteiger partial charge on any atom is 0.224 e. The van der Waals surface area contributed by atoms with Crippen molar-refractivity contribution in [1.29, 1.82) is 0 Å². The van der Waals surface area contributed by atoms with Gasteiger partial charge in [0.2, 0.25) is 17.7 Å². The molecule has 14 heteroatoms. The van der Waals surface area contributed by atoms with Crippen molar-refractivity contribution in [2.24, 2.45) is 11.8 Å². The molecule has 472 valence electrons. The molecule has 0 aromatic carbocycles. The predicted molar refractivity (Wildman–Crippen MR) is 338 cm³/mol. The second-order valence-electron chi connectivity index (χ2n) is 26.6. The van der Waals surface area contributed by atoms with E-state index < -0.39 is 0 Å². The van der Waals surface area contributed by atoms with E-state index in [1.165, 1.54) is 154 Å². The zero-order valence-electron chi connectivity index (χ0n) is 55.5. The number of ether oxygens (including phenoxy) is 3. The molecule has 0 aromatic rings. The molecule has 7 aliphatic rings. The number of nitrogens with one attached hydrogen (secondary N) is 4. The molecule has 0 spiro atoms. The fourth-order valence-corrected chi connectivity index (χ4v) is 11.0. The summed E-state index contributed by atoms with van der Waals surface area (Å²) in [4.78, 5) is 42.7. The lowest BCUT2D eigenvalue weighted by molar-refractivity contribution is -0.133. The lowest BCUT2D eigenvalue weighted by atomic mass is 9.95. The number of amides is 3. The second kappa shape index (κ2) is 44.2. The van der Waals surface area contributed by atoms with E-state index in [4.69, 9.17) is 14.2 Å². The van der Waals surface area contributed by atoms with E-state index >= 15 is 0 Å². The first-order valence-corrected chi connectivity index (χ1v) is 32.8. The van der Waals surface area contributed by atoms with Gasteiger partial charge in [0, 0.05) is 107 Å². The van der Waals surface area contributed by atoms with Crippen LogP contribution in [0.4, 0.5) is 0 Å². The Balaban J connectivity index is 0.000000468. The number of likely N-dealkylation sites (tertiary alicyclic amines) is 4. The van der Waals surface area contributed by atoms with Gasteiger partial charge in [-0.05, 0) is 146 Å². The summed E-state index contributed by atoms with van der Waals surface area (Å²) in [5.74, 6) is 0.483. The van der Waals surface area contributed by atoms with Crippen molar-refractivity contribution in [3.05, 3.63) is 12.3 Å². The van der Waals surface area contributed by atoms with Crippen molar-refractivity contribution in [3.63, 3.8) is 0 Å². The van der Waals surface area contributed by atoms with Crippen LogP contribution in [0.2, 0.25) is 0 Å². The van der Waals surface area contributed by atoms with Gasteiger partial charge in [-0.25, -0.2) is 0 Å². The molecule has 4 saturated heterocycles. The minimum Gasteiger partial charge on any atom is -0.378 e. The fourth-order valence-electron chi connectivity index (χ4n) is 11.0. The van der Waals surface area contributed by atoms with E-state index in [-0.39, 0.29) is 35.6 Å². The average molecular weight is 1130 g/mol. The van der Waals surface area contributed by atoms with E-state index in [1.54, 1.807) is 11.9 Å². The Labute approximate surface area is 494 Å². The molecule has 3 aliphatic carbocycles. The van der Waals surface area contributed by atoms with E-state index in [0.717, 1.165) is 44.4 Å². The summed E-state index contributed by atoms with van der Waals surface area (Å²) in [5, 5.41) is 13.1. The van der Waals surface area contributed by atoms with Crippen LogP contribution in [0.15, 0.2) is 12.3 Å². The Morgan fingerprint density at radius 3 is 1.15 bits per heavy atom. The molecule has 2 unspecified atom stereocenters. The van der Waals surface area contributed by atoms with Crippen molar-refractivity contribution in [1.82, 2.24) is 40.9 Å². The zero-order valence-corrected chi connectivity index (χ0v) is 55.5. The van der Waals surface area contributed by atoms with Crippen LogP contribution in [0.25, 0.3) is 0 Å². The quantitative estimate of drug-likeness (QED) is 0.132. The normalized spacial score (nSPS) is 22.5. The minimum atomic E-state index is -0.00948. The SMILES string of the molecule is C=C1CC(OC(C)C)CCN1C.CC(C)C(=O)NC1CCCCC1.CC(C)C(=O)NC1CCN(C)C(=O)C1.CC(C)NC1CCCCC1.CC(C)NC1CCN(C)CC1.CC(C)OC1CCCCC1.CC(C)OC1CCN(C)CC1. The maximum atomic E-state index is 11.4. The van der Waals surface area contributed by atoms with Crippen molar-refractivity contribution >= 4 is 17.7 Å². The highest BCUT2D eigenvalue weighted by atomic mass is 16.5. The van der Waals surface area contributed by atoms with Crippen LogP contribution in [-0.2, 0) is 28.6 Å². The molecule has 0 bridgehead atoms. The molecule has 7 fully saturated rings. The van der Waals surface area contributed by atoms with Crippen molar-refractivity contribution in [2.45, 2.75) is 317 Å². The number of nitrogens with zero attached hydrogens (tertiary/aromatic N) is 4. The van der Waals surface area contributed by atoms with Gasteiger partial charge in [-0.15, -0.1) is 0 Å². The third-order valence-electron chi connectivity index (χ3n) is 15.9. The van der Waals surface area contributed by atoms with Crippen LogP contribution in [0, 0.1) is 11.8 Å². The second-order valence-corrected chi connectivity index (χ2v) is 26.6. The average Bonchev–Trinajstić information content (AvgIpc) is 3.39. The Kier molecular flexibility index (Phi) is 41.8. The van der Waals surface area contributed by atoms with Gasteiger partial charge in [-0.1, -0.05) is 120 Å². The lowest BCUT2D eigenvalue weighted by Gasteiger charge is -2.33. The van der Waals surface area contributed by atoms with E-state index in [0.29, 0.717) is 61.2 Å².